The highest BCUT2D eigenvalue weighted by molar-refractivity contribution is 5.75. The third-order valence-electron chi connectivity index (χ3n) is 1.87. The average molecular weight is 212 g/mol. The second-order valence-corrected chi connectivity index (χ2v) is 3.65. The zero-order valence-electron chi connectivity index (χ0n) is 8.92. The molecule has 6 nitrogen and oxygen atoms in total. The van der Waals surface area contributed by atoms with Crippen molar-refractivity contribution in [2.24, 2.45) is 0 Å². The molecule has 84 valence electrons. The molecule has 0 aliphatic carbocycles. The number of nitrogens with one attached hydrogen (secondary N) is 1. The Morgan fingerprint density at radius 3 is 2.87 bits per heavy atom. The Labute approximate surface area is 88.3 Å². The average Bonchev–Trinajstić information content (AvgIpc) is 2.53. The molecule has 0 aromatic carbocycles. The van der Waals surface area contributed by atoms with E-state index < -0.39 is 6.10 Å². The molecule has 0 aliphatic rings. The number of rotatable bonds is 5. The first-order valence-electron chi connectivity index (χ1n) is 4.87. The molecule has 0 radical (unpaired) electrons. The molecule has 1 heterocycles. The number of aliphatic hydroxyl groups excluding tert-OH is 1. The molecule has 15 heavy (non-hydrogen) atoms. The van der Waals surface area contributed by atoms with Gasteiger partial charge in [0.1, 0.15) is 19.2 Å². The van der Waals surface area contributed by atoms with Gasteiger partial charge in [-0.3, -0.25) is 4.79 Å². The number of carbonyl (C=O) groups is 1. The minimum Gasteiger partial charge on any atom is -0.393 e. The summed E-state index contributed by atoms with van der Waals surface area (Å²) in [6.07, 6.45) is 3.00. The first kappa shape index (κ1) is 11.6. The van der Waals surface area contributed by atoms with Crippen LogP contribution in [0, 0.1) is 0 Å². The zero-order valence-corrected chi connectivity index (χ0v) is 8.92. The van der Waals surface area contributed by atoms with Crippen LogP contribution in [0.5, 0.6) is 0 Å². The lowest BCUT2D eigenvalue weighted by Crippen LogP contribution is -2.36. The Morgan fingerprint density at radius 2 is 2.33 bits per heavy atom. The molecule has 2 atom stereocenters. The maximum Gasteiger partial charge on any atom is 0.242 e. The minimum atomic E-state index is -0.410. The van der Waals surface area contributed by atoms with Crippen molar-refractivity contribution in [1.29, 1.82) is 0 Å². The monoisotopic (exact) mass is 212 g/mol. The van der Waals surface area contributed by atoms with E-state index in [1.165, 1.54) is 17.3 Å². The van der Waals surface area contributed by atoms with Crippen LogP contribution >= 0.6 is 0 Å². The van der Waals surface area contributed by atoms with Crippen molar-refractivity contribution in [3.63, 3.8) is 0 Å². The van der Waals surface area contributed by atoms with Crippen molar-refractivity contribution >= 4 is 5.91 Å². The van der Waals surface area contributed by atoms with Crippen LogP contribution in [0.2, 0.25) is 0 Å². The van der Waals surface area contributed by atoms with E-state index in [1.807, 2.05) is 6.92 Å². The molecule has 1 rings (SSSR count). The van der Waals surface area contributed by atoms with Gasteiger partial charge in [-0.25, -0.2) is 9.67 Å². The number of aromatic nitrogens is 3. The molecule has 0 bridgehead atoms. The van der Waals surface area contributed by atoms with Gasteiger partial charge in [0.2, 0.25) is 5.91 Å². The lowest BCUT2D eigenvalue weighted by molar-refractivity contribution is -0.122. The number of hydrogen-bond donors (Lipinski definition) is 2. The maximum atomic E-state index is 11.4. The Morgan fingerprint density at radius 1 is 1.60 bits per heavy atom. The van der Waals surface area contributed by atoms with E-state index in [4.69, 9.17) is 5.11 Å². The molecule has 0 fully saturated rings. The molecule has 2 unspecified atom stereocenters. The van der Waals surface area contributed by atoms with Crippen LogP contribution in [0.15, 0.2) is 12.7 Å². The predicted octanol–water partition coefficient (Wildman–Crippen LogP) is -0.446. The minimum absolute atomic E-state index is 0.0407. The van der Waals surface area contributed by atoms with Gasteiger partial charge in [-0.15, -0.1) is 0 Å². The van der Waals surface area contributed by atoms with Crippen LogP contribution in [-0.4, -0.2) is 37.9 Å². The van der Waals surface area contributed by atoms with Crippen molar-refractivity contribution in [2.45, 2.75) is 39.0 Å². The molecule has 2 N–H and O–H groups in total. The molecule has 0 saturated carbocycles. The van der Waals surface area contributed by atoms with Crippen molar-refractivity contribution in [3.05, 3.63) is 12.7 Å². The van der Waals surface area contributed by atoms with E-state index in [-0.39, 0.29) is 18.5 Å². The van der Waals surface area contributed by atoms with Crippen LogP contribution in [0.1, 0.15) is 20.3 Å². The fourth-order valence-corrected chi connectivity index (χ4v) is 1.35. The fourth-order valence-electron chi connectivity index (χ4n) is 1.35. The summed E-state index contributed by atoms with van der Waals surface area (Å²) in [4.78, 5) is 15.2. The van der Waals surface area contributed by atoms with E-state index in [2.05, 4.69) is 15.4 Å². The first-order chi connectivity index (χ1) is 7.08. The Balaban J connectivity index is 2.30. The first-order valence-corrected chi connectivity index (χ1v) is 4.87. The third-order valence-corrected chi connectivity index (χ3v) is 1.87. The Hall–Kier alpha value is -1.43. The number of hydrogen-bond acceptors (Lipinski definition) is 4. The van der Waals surface area contributed by atoms with Crippen LogP contribution < -0.4 is 5.32 Å². The number of amides is 1. The van der Waals surface area contributed by atoms with E-state index in [9.17, 15) is 4.79 Å². The number of carbonyl (C=O) groups excluding carboxylic acids is 1. The predicted molar refractivity (Wildman–Crippen MR) is 53.9 cm³/mol. The summed E-state index contributed by atoms with van der Waals surface area (Å²) in [5.41, 5.74) is 0. The van der Waals surface area contributed by atoms with Crippen molar-refractivity contribution in [3.8, 4) is 0 Å². The lowest BCUT2D eigenvalue weighted by atomic mass is 10.1. The van der Waals surface area contributed by atoms with Gasteiger partial charge < -0.3 is 10.4 Å². The van der Waals surface area contributed by atoms with E-state index in [0.717, 1.165) is 0 Å². The lowest BCUT2D eigenvalue weighted by Gasteiger charge is -2.15. The molecular formula is C9H16N4O2. The molecule has 1 aromatic rings. The van der Waals surface area contributed by atoms with Gasteiger partial charge in [0.15, 0.2) is 0 Å². The summed E-state index contributed by atoms with van der Waals surface area (Å²) in [6, 6.07) is -0.0407. The standard InChI is InChI=1S/C9H16N4O2/c1-7(3-8(2)14)12-9(15)4-13-6-10-5-11-13/h5-8,14H,3-4H2,1-2H3,(H,12,15). The van der Waals surface area contributed by atoms with Gasteiger partial charge in [0.25, 0.3) is 0 Å². The Bertz CT molecular complexity index is 297. The zero-order chi connectivity index (χ0) is 11.3. The summed E-state index contributed by atoms with van der Waals surface area (Å²) in [6.45, 7) is 3.70. The smallest absolute Gasteiger partial charge is 0.242 e. The van der Waals surface area contributed by atoms with Crippen LogP contribution in [0.25, 0.3) is 0 Å². The van der Waals surface area contributed by atoms with Gasteiger partial charge in [-0.05, 0) is 20.3 Å². The highest BCUT2D eigenvalue weighted by Gasteiger charge is 2.10. The van der Waals surface area contributed by atoms with E-state index in [1.54, 1.807) is 6.92 Å². The van der Waals surface area contributed by atoms with Gasteiger partial charge in [0, 0.05) is 6.04 Å². The molecule has 1 aromatic heterocycles. The van der Waals surface area contributed by atoms with Crippen molar-refractivity contribution in [2.75, 3.05) is 0 Å². The van der Waals surface area contributed by atoms with Crippen LogP contribution in [0.3, 0.4) is 0 Å². The summed E-state index contributed by atoms with van der Waals surface area (Å²) in [5.74, 6) is -0.131. The fraction of sp³-hybridized carbons (Fsp3) is 0.667. The third kappa shape index (κ3) is 4.55. The second-order valence-electron chi connectivity index (χ2n) is 3.65. The van der Waals surface area contributed by atoms with Gasteiger partial charge in [-0.1, -0.05) is 0 Å². The topological polar surface area (TPSA) is 80.0 Å². The quantitative estimate of drug-likeness (QED) is 0.693. The largest absolute Gasteiger partial charge is 0.393 e. The molecule has 0 aliphatic heterocycles. The van der Waals surface area contributed by atoms with E-state index >= 15 is 0 Å². The number of nitrogens with zero attached hydrogens (tertiary/aromatic N) is 3. The van der Waals surface area contributed by atoms with Gasteiger partial charge in [-0.2, -0.15) is 5.10 Å². The normalized spacial score (nSPS) is 14.6. The summed E-state index contributed by atoms with van der Waals surface area (Å²) < 4.78 is 1.45. The molecule has 0 spiro atoms. The molecule has 6 heteroatoms. The molecule has 0 saturated heterocycles. The highest BCUT2D eigenvalue weighted by atomic mass is 16.3. The van der Waals surface area contributed by atoms with Gasteiger partial charge in [0.05, 0.1) is 6.10 Å². The second kappa shape index (κ2) is 5.45. The summed E-state index contributed by atoms with van der Waals surface area (Å²) in [5, 5.41) is 15.7. The van der Waals surface area contributed by atoms with Crippen LogP contribution in [-0.2, 0) is 11.3 Å². The molecular weight excluding hydrogens is 196 g/mol. The van der Waals surface area contributed by atoms with Crippen LogP contribution in [0.4, 0.5) is 0 Å². The van der Waals surface area contributed by atoms with Gasteiger partial charge >= 0.3 is 0 Å². The van der Waals surface area contributed by atoms with Crippen molar-refractivity contribution < 1.29 is 9.90 Å². The summed E-state index contributed by atoms with van der Waals surface area (Å²) >= 11 is 0. The maximum absolute atomic E-state index is 11.4. The molecule has 1 amide bonds. The van der Waals surface area contributed by atoms with Crippen molar-refractivity contribution in [1.82, 2.24) is 20.1 Å². The SMILES string of the molecule is CC(O)CC(C)NC(=O)Cn1cncn1. The summed E-state index contributed by atoms with van der Waals surface area (Å²) in [7, 11) is 0. The Kier molecular flexibility index (Phi) is 4.23. The number of aliphatic hydroxyl groups is 1. The van der Waals surface area contributed by atoms with E-state index in [0.29, 0.717) is 6.42 Å². The highest BCUT2D eigenvalue weighted by Crippen LogP contribution is 1.96.